The van der Waals surface area contributed by atoms with E-state index in [0.717, 1.165) is 18.9 Å². The fraction of sp³-hybridized carbons (Fsp3) is 0.833. The summed E-state index contributed by atoms with van der Waals surface area (Å²) in [6.45, 7) is 9.65. The Morgan fingerprint density at radius 3 is 3.07 bits per heavy atom. The SMILES string of the molecule is C=CCCNC(C)C1CCCN(C)C1. The summed E-state index contributed by atoms with van der Waals surface area (Å²) in [5.74, 6) is 0.832. The summed E-state index contributed by atoms with van der Waals surface area (Å²) >= 11 is 0. The summed E-state index contributed by atoms with van der Waals surface area (Å²) in [6, 6.07) is 0.651. The van der Waals surface area contributed by atoms with Crippen LogP contribution in [0.25, 0.3) is 0 Å². The maximum Gasteiger partial charge on any atom is 0.00793 e. The van der Waals surface area contributed by atoms with Gasteiger partial charge in [0.15, 0.2) is 0 Å². The number of likely N-dealkylation sites (tertiary alicyclic amines) is 1. The summed E-state index contributed by atoms with van der Waals surface area (Å²) in [7, 11) is 2.22. The third-order valence-corrected chi connectivity index (χ3v) is 3.18. The molecule has 0 radical (unpaired) electrons. The van der Waals surface area contributed by atoms with E-state index in [4.69, 9.17) is 0 Å². The predicted molar refractivity (Wildman–Crippen MR) is 62.5 cm³/mol. The highest BCUT2D eigenvalue weighted by molar-refractivity contribution is 4.80. The van der Waals surface area contributed by atoms with Crippen LogP contribution in [-0.4, -0.2) is 37.6 Å². The van der Waals surface area contributed by atoms with E-state index in [-0.39, 0.29) is 0 Å². The lowest BCUT2D eigenvalue weighted by molar-refractivity contribution is 0.179. The zero-order valence-electron chi connectivity index (χ0n) is 9.63. The number of piperidine rings is 1. The molecule has 14 heavy (non-hydrogen) atoms. The van der Waals surface area contributed by atoms with E-state index in [2.05, 4.69) is 30.8 Å². The maximum absolute atomic E-state index is 3.73. The van der Waals surface area contributed by atoms with E-state index < -0.39 is 0 Å². The minimum atomic E-state index is 0.651. The number of nitrogens with one attached hydrogen (secondary N) is 1. The molecular weight excluding hydrogens is 172 g/mol. The highest BCUT2D eigenvalue weighted by atomic mass is 15.1. The van der Waals surface area contributed by atoms with E-state index in [0.29, 0.717) is 6.04 Å². The van der Waals surface area contributed by atoms with E-state index in [1.165, 1.54) is 25.9 Å². The summed E-state index contributed by atoms with van der Waals surface area (Å²) in [4.78, 5) is 2.44. The van der Waals surface area contributed by atoms with Crippen molar-refractivity contribution < 1.29 is 0 Å². The van der Waals surface area contributed by atoms with Gasteiger partial charge in [-0.15, -0.1) is 6.58 Å². The zero-order chi connectivity index (χ0) is 10.4. The lowest BCUT2D eigenvalue weighted by Gasteiger charge is -2.33. The van der Waals surface area contributed by atoms with Crippen LogP contribution < -0.4 is 5.32 Å². The summed E-state index contributed by atoms with van der Waals surface area (Å²) in [5, 5.41) is 3.58. The lowest BCUT2D eigenvalue weighted by atomic mass is 9.92. The molecule has 1 aliphatic heterocycles. The third kappa shape index (κ3) is 3.81. The molecule has 2 heteroatoms. The van der Waals surface area contributed by atoms with Gasteiger partial charge in [-0.3, -0.25) is 0 Å². The highest BCUT2D eigenvalue weighted by Gasteiger charge is 2.21. The molecule has 0 aromatic heterocycles. The van der Waals surface area contributed by atoms with Gasteiger partial charge in [0.1, 0.15) is 0 Å². The van der Waals surface area contributed by atoms with Gasteiger partial charge in [-0.2, -0.15) is 0 Å². The van der Waals surface area contributed by atoms with Crippen LogP contribution in [0.2, 0.25) is 0 Å². The van der Waals surface area contributed by atoms with Crippen molar-refractivity contribution in [3.05, 3.63) is 12.7 Å². The van der Waals surface area contributed by atoms with Crippen molar-refractivity contribution >= 4 is 0 Å². The largest absolute Gasteiger partial charge is 0.314 e. The van der Waals surface area contributed by atoms with Gasteiger partial charge in [0.25, 0.3) is 0 Å². The molecule has 2 atom stereocenters. The molecule has 1 fully saturated rings. The number of nitrogens with zero attached hydrogens (tertiary/aromatic N) is 1. The fourth-order valence-corrected chi connectivity index (χ4v) is 2.19. The summed E-state index contributed by atoms with van der Waals surface area (Å²) in [5.41, 5.74) is 0. The van der Waals surface area contributed by atoms with E-state index in [9.17, 15) is 0 Å². The Hall–Kier alpha value is -0.340. The number of hydrogen-bond donors (Lipinski definition) is 1. The molecule has 1 rings (SSSR count). The number of rotatable bonds is 5. The average molecular weight is 196 g/mol. The smallest absolute Gasteiger partial charge is 0.00793 e. The standard InChI is InChI=1S/C12H24N2/c1-4-5-8-13-11(2)12-7-6-9-14(3)10-12/h4,11-13H,1,5-10H2,2-3H3. The second kappa shape index (κ2) is 6.20. The quantitative estimate of drug-likeness (QED) is 0.533. The van der Waals surface area contributed by atoms with Gasteiger partial charge < -0.3 is 10.2 Å². The first-order valence-electron chi connectivity index (χ1n) is 5.77. The minimum Gasteiger partial charge on any atom is -0.314 e. The van der Waals surface area contributed by atoms with Crippen molar-refractivity contribution in [2.24, 2.45) is 5.92 Å². The van der Waals surface area contributed by atoms with Gasteiger partial charge >= 0.3 is 0 Å². The van der Waals surface area contributed by atoms with Crippen LogP contribution in [0.5, 0.6) is 0 Å². The van der Waals surface area contributed by atoms with E-state index in [1.54, 1.807) is 0 Å². The fourth-order valence-electron chi connectivity index (χ4n) is 2.19. The van der Waals surface area contributed by atoms with Crippen molar-refractivity contribution in [1.82, 2.24) is 10.2 Å². The van der Waals surface area contributed by atoms with Crippen LogP contribution in [-0.2, 0) is 0 Å². The molecule has 0 aromatic rings. The van der Waals surface area contributed by atoms with Crippen LogP contribution in [0, 0.1) is 5.92 Å². The molecule has 0 bridgehead atoms. The molecule has 1 N–H and O–H groups in total. The van der Waals surface area contributed by atoms with Crippen molar-refractivity contribution in [2.45, 2.75) is 32.2 Å². The molecule has 0 aromatic carbocycles. The average Bonchev–Trinajstić information content (AvgIpc) is 2.18. The maximum atomic E-state index is 3.73. The van der Waals surface area contributed by atoms with Crippen LogP contribution >= 0.6 is 0 Å². The van der Waals surface area contributed by atoms with Crippen LogP contribution in [0.3, 0.4) is 0 Å². The second-order valence-corrected chi connectivity index (χ2v) is 4.48. The van der Waals surface area contributed by atoms with Crippen molar-refractivity contribution in [3.8, 4) is 0 Å². The monoisotopic (exact) mass is 196 g/mol. The van der Waals surface area contributed by atoms with E-state index >= 15 is 0 Å². The first kappa shape index (κ1) is 11.7. The molecule has 2 unspecified atom stereocenters. The topological polar surface area (TPSA) is 15.3 Å². The molecule has 0 aliphatic carbocycles. The van der Waals surface area contributed by atoms with Crippen LogP contribution in [0.1, 0.15) is 26.2 Å². The first-order valence-corrected chi connectivity index (χ1v) is 5.77. The molecule has 1 aliphatic rings. The Kier molecular flexibility index (Phi) is 5.20. The molecular formula is C12H24N2. The Morgan fingerprint density at radius 2 is 2.43 bits per heavy atom. The zero-order valence-corrected chi connectivity index (χ0v) is 9.63. The highest BCUT2D eigenvalue weighted by Crippen LogP contribution is 2.18. The Balaban J connectivity index is 2.21. The van der Waals surface area contributed by atoms with Gasteiger partial charge in [-0.05, 0) is 52.2 Å². The van der Waals surface area contributed by atoms with Gasteiger partial charge in [0.05, 0.1) is 0 Å². The molecule has 2 nitrogen and oxygen atoms in total. The van der Waals surface area contributed by atoms with E-state index in [1.807, 2.05) is 6.08 Å². The van der Waals surface area contributed by atoms with Gasteiger partial charge in [0.2, 0.25) is 0 Å². The predicted octanol–water partition coefficient (Wildman–Crippen LogP) is 1.88. The molecule has 1 heterocycles. The lowest BCUT2D eigenvalue weighted by Crippen LogP contribution is -2.43. The summed E-state index contributed by atoms with van der Waals surface area (Å²) in [6.07, 6.45) is 5.79. The minimum absolute atomic E-state index is 0.651. The second-order valence-electron chi connectivity index (χ2n) is 4.48. The molecule has 1 saturated heterocycles. The molecule has 82 valence electrons. The van der Waals surface area contributed by atoms with Crippen molar-refractivity contribution in [1.29, 1.82) is 0 Å². The van der Waals surface area contributed by atoms with Crippen LogP contribution in [0.4, 0.5) is 0 Å². The van der Waals surface area contributed by atoms with Gasteiger partial charge in [-0.25, -0.2) is 0 Å². The Bertz CT molecular complexity index is 168. The van der Waals surface area contributed by atoms with Crippen molar-refractivity contribution in [3.63, 3.8) is 0 Å². The first-order chi connectivity index (χ1) is 6.74. The Labute approximate surface area is 88.4 Å². The normalized spacial score (nSPS) is 26.0. The number of hydrogen-bond acceptors (Lipinski definition) is 2. The van der Waals surface area contributed by atoms with Gasteiger partial charge in [0, 0.05) is 12.6 Å². The van der Waals surface area contributed by atoms with Crippen molar-refractivity contribution in [2.75, 3.05) is 26.7 Å². The third-order valence-electron chi connectivity index (χ3n) is 3.18. The summed E-state index contributed by atoms with van der Waals surface area (Å²) < 4.78 is 0. The molecule has 0 amide bonds. The van der Waals surface area contributed by atoms with Crippen LogP contribution in [0.15, 0.2) is 12.7 Å². The Morgan fingerprint density at radius 1 is 1.64 bits per heavy atom. The van der Waals surface area contributed by atoms with Gasteiger partial charge in [-0.1, -0.05) is 6.08 Å². The molecule has 0 spiro atoms. The molecule has 0 saturated carbocycles.